The van der Waals surface area contributed by atoms with Crippen molar-refractivity contribution in [2.75, 3.05) is 4.90 Å². The Bertz CT molecular complexity index is 2690. The number of furan rings is 1. The van der Waals surface area contributed by atoms with Gasteiger partial charge in [-0.05, 0) is 59.2 Å². The number of benzene rings is 7. The molecule has 7 aromatic carbocycles. The monoisotopic (exact) mass is 607 g/mol. The third-order valence-corrected chi connectivity index (χ3v) is 11.2. The van der Waals surface area contributed by atoms with Crippen LogP contribution in [0.4, 0.5) is 17.1 Å². The summed E-state index contributed by atoms with van der Waals surface area (Å²) in [4.78, 5) is 2.51. The van der Waals surface area contributed by atoms with Crippen molar-refractivity contribution in [3.05, 3.63) is 151 Å². The number of hydrogen-bond acceptors (Lipinski definition) is 3. The molecule has 2 heterocycles. The van der Waals surface area contributed by atoms with Gasteiger partial charge >= 0.3 is 0 Å². The van der Waals surface area contributed by atoms with E-state index in [4.69, 9.17) is 4.42 Å². The topological polar surface area (TPSA) is 16.4 Å². The Morgan fingerprint density at radius 2 is 1.22 bits per heavy atom. The van der Waals surface area contributed by atoms with Crippen LogP contribution in [-0.2, 0) is 5.41 Å². The van der Waals surface area contributed by atoms with Crippen molar-refractivity contribution in [1.82, 2.24) is 0 Å². The van der Waals surface area contributed by atoms with Crippen molar-refractivity contribution < 1.29 is 4.42 Å². The van der Waals surface area contributed by atoms with Crippen LogP contribution in [-0.4, -0.2) is 0 Å². The summed E-state index contributed by atoms with van der Waals surface area (Å²) in [6.45, 7) is 4.71. The molecule has 0 radical (unpaired) electrons. The van der Waals surface area contributed by atoms with E-state index in [0.29, 0.717) is 0 Å². The normalized spacial score (nSPS) is 13.6. The molecule has 9 aromatic rings. The minimum absolute atomic E-state index is 0.103. The van der Waals surface area contributed by atoms with Crippen LogP contribution in [0.1, 0.15) is 25.0 Å². The van der Waals surface area contributed by atoms with E-state index in [9.17, 15) is 0 Å². The average Bonchev–Trinajstić information content (AvgIpc) is 3.73. The van der Waals surface area contributed by atoms with Crippen LogP contribution >= 0.6 is 11.3 Å². The lowest BCUT2D eigenvalue weighted by atomic mass is 9.82. The molecule has 0 unspecified atom stereocenters. The Balaban J connectivity index is 1.35. The fourth-order valence-corrected chi connectivity index (χ4v) is 8.98. The summed E-state index contributed by atoms with van der Waals surface area (Å²) in [6.07, 6.45) is 0. The first-order valence-electron chi connectivity index (χ1n) is 15.9. The third kappa shape index (κ3) is 3.46. The van der Waals surface area contributed by atoms with Crippen molar-refractivity contribution in [3.8, 4) is 11.1 Å². The van der Waals surface area contributed by atoms with Gasteiger partial charge in [0.05, 0.1) is 11.4 Å². The second-order valence-electron chi connectivity index (χ2n) is 12.9. The zero-order valence-corrected chi connectivity index (χ0v) is 26.4. The van der Waals surface area contributed by atoms with Gasteiger partial charge in [0.1, 0.15) is 11.2 Å². The summed E-state index contributed by atoms with van der Waals surface area (Å²) in [7, 11) is 0. The van der Waals surface area contributed by atoms with Crippen LogP contribution < -0.4 is 4.90 Å². The maximum Gasteiger partial charge on any atom is 0.143 e. The smallest absolute Gasteiger partial charge is 0.143 e. The fraction of sp³-hybridized carbons (Fsp3) is 0.0698. The van der Waals surface area contributed by atoms with E-state index in [2.05, 4.69) is 152 Å². The van der Waals surface area contributed by atoms with Gasteiger partial charge in [-0.15, -0.1) is 11.3 Å². The molecule has 0 aliphatic heterocycles. The van der Waals surface area contributed by atoms with Crippen molar-refractivity contribution in [3.63, 3.8) is 0 Å². The van der Waals surface area contributed by atoms with Crippen LogP contribution in [0.3, 0.4) is 0 Å². The van der Waals surface area contributed by atoms with Gasteiger partial charge in [0.25, 0.3) is 0 Å². The van der Waals surface area contributed by atoms with Gasteiger partial charge in [-0.25, -0.2) is 0 Å². The van der Waals surface area contributed by atoms with Crippen LogP contribution in [0.2, 0.25) is 0 Å². The maximum atomic E-state index is 6.54. The van der Waals surface area contributed by atoms with Crippen LogP contribution in [0, 0.1) is 0 Å². The number of fused-ring (bicyclic) bond motifs is 11. The van der Waals surface area contributed by atoms with Gasteiger partial charge < -0.3 is 9.32 Å². The lowest BCUT2D eigenvalue weighted by molar-refractivity contribution is 0.660. The molecule has 0 saturated carbocycles. The molecule has 0 bridgehead atoms. The van der Waals surface area contributed by atoms with Crippen molar-refractivity contribution in [2.24, 2.45) is 0 Å². The van der Waals surface area contributed by atoms with Gasteiger partial charge in [-0.2, -0.15) is 0 Å². The zero-order valence-electron chi connectivity index (χ0n) is 25.5. The van der Waals surface area contributed by atoms with E-state index in [1.807, 2.05) is 17.4 Å². The van der Waals surface area contributed by atoms with Crippen LogP contribution in [0.15, 0.2) is 144 Å². The molecule has 0 amide bonds. The number of thiophene rings is 1. The van der Waals surface area contributed by atoms with E-state index in [1.54, 1.807) is 0 Å². The van der Waals surface area contributed by atoms with Crippen LogP contribution in [0.25, 0.3) is 64.0 Å². The Labute approximate surface area is 270 Å². The highest BCUT2D eigenvalue weighted by atomic mass is 32.1. The maximum absolute atomic E-state index is 6.54. The van der Waals surface area contributed by atoms with E-state index in [-0.39, 0.29) is 5.41 Å². The van der Waals surface area contributed by atoms with E-state index >= 15 is 0 Å². The lowest BCUT2D eigenvalue weighted by Gasteiger charge is -2.30. The molecular weight excluding hydrogens is 579 g/mol. The molecule has 1 aliphatic rings. The first-order chi connectivity index (χ1) is 22.6. The summed E-state index contributed by atoms with van der Waals surface area (Å²) in [6, 6.07) is 51.0. The van der Waals surface area contributed by atoms with Crippen molar-refractivity contribution in [1.29, 1.82) is 0 Å². The second-order valence-corrected chi connectivity index (χ2v) is 14.0. The summed E-state index contributed by atoms with van der Waals surface area (Å²) < 4.78 is 9.15. The number of rotatable bonds is 3. The van der Waals surface area contributed by atoms with Gasteiger partial charge in [-0.3, -0.25) is 0 Å². The molecule has 1 aliphatic carbocycles. The quantitative estimate of drug-likeness (QED) is 0.199. The average molecular weight is 608 g/mol. The number of nitrogens with zero attached hydrogens (tertiary/aromatic N) is 1. The number of hydrogen-bond donors (Lipinski definition) is 0. The van der Waals surface area contributed by atoms with Gasteiger partial charge in [0.2, 0.25) is 0 Å². The molecule has 0 N–H and O–H groups in total. The fourth-order valence-electron chi connectivity index (χ4n) is 7.90. The third-order valence-electron chi connectivity index (χ3n) is 10.0. The lowest BCUT2D eigenvalue weighted by Crippen LogP contribution is -2.16. The molecule has 0 fully saturated rings. The number of anilines is 3. The zero-order chi connectivity index (χ0) is 30.6. The highest BCUT2D eigenvalue weighted by molar-refractivity contribution is 7.25. The highest BCUT2D eigenvalue weighted by Crippen LogP contribution is 2.55. The predicted octanol–water partition coefficient (Wildman–Crippen LogP) is 12.9. The van der Waals surface area contributed by atoms with Crippen molar-refractivity contribution >= 4 is 81.3 Å². The largest absolute Gasteiger partial charge is 0.455 e. The molecule has 0 saturated heterocycles. The Kier molecular flexibility index (Phi) is 5.25. The first kappa shape index (κ1) is 25.9. The molecule has 218 valence electrons. The van der Waals surface area contributed by atoms with Gasteiger partial charge in [0.15, 0.2) is 0 Å². The molecule has 46 heavy (non-hydrogen) atoms. The SMILES string of the molecule is CC1(C)c2ccccc2-c2c(N(c3ccc4sc5ccccc5c4c3)c3cc4c5ccccc5oc4c4ccccc34)cccc21. The Morgan fingerprint density at radius 3 is 2.11 bits per heavy atom. The van der Waals surface area contributed by atoms with Crippen LogP contribution in [0.5, 0.6) is 0 Å². The minimum atomic E-state index is -0.103. The van der Waals surface area contributed by atoms with Crippen molar-refractivity contribution in [2.45, 2.75) is 19.3 Å². The molecule has 3 heteroatoms. The summed E-state index contributed by atoms with van der Waals surface area (Å²) in [5.41, 5.74) is 10.6. The van der Waals surface area contributed by atoms with E-state index in [1.165, 1.54) is 48.1 Å². The standard InChI is InChI=1S/C43H29NOS/c1-43(2)34-17-8-5-16-31(34)41-35(43)18-11-19-36(41)44(26-22-23-40-32(24-26)29-14-7-10-21-39(29)46-40)37-25-33-28-13-6-9-20-38(28)45-42(33)30-15-4-3-12-27(30)37/h3-25H,1-2H3. The molecule has 0 spiro atoms. The molecule has 2 nitrogen and oxygen atoms in total. The first-order valence-corrected chi connectivity index (χ1v) is 16.7. The Morgan fingerprint density at radius 1 is 0.522 bits per heavy atom. The minimum Gasteiger partial charge on any atom is -0.455 e. The molecule has 0 atom stereocenters. The molecular formula is C43H29NOS. The molecule has 2 aromatic heterocycles. The van der Waals surface area contributed by atoms with Gasteiger partial charge in [0, 0.05) is 58.4 Å². The predicted molar refractivity (Wildman–Crippen MR) is 196 cm³/mol. The number of para-hydroxylation sites is 1. The summed E-state index contributed by atoms with van der Waals surface area (Å²) in [5, 5.41) is 7.13. The van der Waals surface area contributed by atoms with E-state index < -0.39 is 0 Å². The molecule has 10 rings (SSSR count). The highest BCUT2D eigenvalue weighted by Gasteiger charge is 2.38. The van der Waals surface area contributed by atoms with E-state index in [0.717, 1.165) is 44.1 Å². The second kappa shape index (κ2) is 9.32. The van der Waals surface area contributed by atoms with Gasteiger partial charge in [-0.1, -0.05) is 111 Å². The summed E-state index contributed by atoms with van der Waals surface area (Å²) in [5.74, 6) is 0. The summed E-state index contributed by atoms with van der Waals surface area (Å²) >= 11 is 1.86. The Hall–Kier alpha value is -5.38.